The third-order valence-electron chi connectivity index (χ3n) is 2.80. The van der Waals surface area contributed by atoms with Crippen LogP contribution in [0.15, 0.2) is 22.7 Å². The lowest BCUT2D eigenvalue weighted by Crippen LogP contribution is -2.23. The van der Waals surface area contributed by atoms with Gasteiger partial charge in [-0.1, -0.05) is 11.8 Å². The zero-order chi connectivity index (χ0) is 15.2. The van der Waals surface area contributed by atoms with Crippen molar-refractivity contribution >= 4 is 5.91 Å². The second-order valence-electron chi connectivity index (χ2n) is 4.37. The van der Waals surface area contributed by atoms with E-state index in [1.54, 1.807) is 12.1 Å². The molecule has 6 nitrogen and oxygen atoms in total. The highest BCUT2D eigenvalue weighted by atomic mass is 16.4. The molecule has 3 N–H and O–H groups in total. The number of nitrogens with one attached hydrogen (secondary N) is 1. The zero-order valence-corrected chi connectivity index (χ0v) is 11.9. The summed E-state index contributed by atoms with van der Waals surface area (Å²) in [7, 11) is 0. The highest BCUT2D eigenvalue weighted by molar-refractivity contribution is 5.92. The molecule has 2 rings (SSSR count). The van der Waals surface area contributed by atoms with Crippen molar-refractivity contribution in [3.63, 3.8) is 0 Å². The van der Waals surface area contributed by atoms with Gasteiger partial charge in [0.25, 0.3) is 5.91 Å². The Labute approximate surface area is 122 Å². The third kappa shape index (κ3) is 3.91. The Morgan fingerprint density at radius 2 is 2.24 bits per heavy atom. The van der Waals surface area contributed by atoms with E-state index in [2.05, 4.69) is 27.1 Å². The molecule has 0 aliphatic carbocycles. The summed E-state index contributed by atoms with van der Waals surface area (Å²) < 4.78 is 5.39. The fourth-order valence-corrected chi connectivity index (χ4v) is 1.62. The number of nitrogens with zero attached hydrogens (tertiary/aromatic N) is 2. The molecule has 1 amide bonds. The van der Waals surface area contributed by atoms with Gasteiger partial charge in [0.1, 0.15) is 11.5 Å². The molecule has 108 valence electrons. The van der Waals surface area contributed by atoms with Crippen LogP contribution < -0.4 is 11.1 Å². The number of aryl methyl sites for hydroxylation is 2. The van der Waals surface area contributed by atoms with Gasteiger partial charge in [-0.2, -0.15) is 0 Å². The van der Waals surface area contributed by atoms with E-state index >= 15 is 0 Å². The van der Waals surface area contributed by atoms with Gasteiger partial charge < -0.3 is 15.5 Å². The number of amides is 1. The number of hydrogen-bond donors (Lipinski definition) is 2. The molecule has 2 heterocycles. The maximum absolute atomic E-state index is 11.9. The molecule has 0 atom stereocenters. The van der Waals surface area contributed by atoms with E-state index in [9.17, 15) is 4.79 Å². The van der Waals surface area contributed by atoms with Crippen LogP contribution in [0, 0.1) is 25.7 Å². The Bertz CT molecular complexity index is 673. The molecular weight excluding hydrogens is 268 g/mol. The summed E-state index contributed by atoms with van der Waals surface area (Å²) in [5.41, 5.74) is 7.14. The van der Waals surface area contributed by atoms with Crippen molar-refractivity contribution in [1.82, 2.24) is 15.3 Å². The average molecular weight is 284 g/mol. The number of nitrogens with two attached hydrogens (primary N) is 1. The summed E-state index contributed by atoms with van der Waals surface area (Å²) >= 11 is 0. The van der Waals surface area contributed by atoms with E-state index in [1.807, 2.05) is 13.8 Å². The summed E-state index contributed by atoms with van der Waals surface area (Å²) in [6, 6.07) is 3.34. The van der Waals surface area contributed by atoms with Crippen molar-refractivity contribution in [3.05, 3.63) is 46.9 Å². The van der Waals surface area contributed by atoms with Crippen molar-refractivity contribution in [3.8, 4) is 11.8 Å². The Morgan fingerprint density at radius 3 is 2.81 bits per heavy atom. The lowest BCUT2D eigenvalue weighted by Gasteiger charge is -2.02. The first-order valence-electron chi connectivity index (χ1n) is 6.46. The fourth-order valence-electron chi connectivity index (χ4n) is 1.62. The number of carbonyl (C=O) groups is 1. The van der Waals surface area contributed by atoms with Gasteiger partial charge in [-0.15, -0.1) is 0 Å². The Kier molecular flexibility index (Phi) is 4.69. The number of rotatable bonds is 3. The zero-order valence-electron chi connectivity index (χ0n) is 11.9. The molecule has 0 spiro atoms. The molecule has 6 heteroatoms. The smallest absolute Gasteiger partial charge is 0.270 e. The van der Waals surface area contributed by atoms with Gasteiger partial charge in [0.2, 0.25) is 5.89 Å². The molecule has 0 unspecified atom stereocenters. The van der Waals surface area contributed by atoms with Crippen molar-refractivity contribution in [1.29, 1.82) is 0 Å². The van der Waals surface area contributed by atoms with Crippen LogP contribution in [0.3, 0.4) is 0 Å². The van der Waals surface area contributed by atoms with E-state index in [1.165, 1.54) is 6.20 Å². The summed E-state index contributed by atoms with van der Waals surface area (Å²) in [6.07, 6.45) is 1.54. The van der Waals surface area contributed by atoms with E-state index in [0.29, 0.717) is 11.6 Å². The summed E-state index contributed by atoms with van der Waals surface area (Å²) in [5, 5.41) is 2.70. The molecule has 2 aromatic rings. The van der Waals surface area contributed by atoms with Crippen LogP contribution >= 0.6 is 0 Å². The minimum absolute atomic E-state index is 0.226. The van der Waals surface area contributed by atoms with Gasteiger partial charge in [0, 0.05) is 11.8 Å². The number of oxazole rings is 1. The Balaban J connectivity index is 1.97. The fraction of sp³-hybridized carbons (Fsp3) is 0.267. The monoisotopic (exact) mass is 284 g/mol. The van der Waals surface area contributed by atoms with Crippen LogP contribution in [0.4, 0.5) is 0 Å². The first-order valence-corrected chi connectivity index (χ1v) is 6.46. The summed E-state index contributed by atoms with van der Waals surface area (Å²) in [5.74, 6) is 6.50. The van der Waals surface area contributed by atoms with E-state index in [4.69, 9.17) is 10.2 Å². The van der Waals surface area contributed by atoms with Crippen LogP contribution in [0.5, 0.6) is 0 Å². The molecule has 0 fully saturated rings. The van der Waals surface area contributed by atoms with E-state index in [0.717, 1.165) is 17.0 Å². The molecule has 2 aromatic heterocycles. The standard InChI is InChI=1S/C15H16N4O2/c1-10-11(2)21-14(19-10)9-18-15(20)13-6-5-12(8-17-13)4-3-7-16/h5-6,8H,7,9,16H2,1-2H3,(H,18,20). The number of pyridine rings is 1. The Morgan fingerprint density at radius 1 is 1.43 bits per heavy atom. The van der Waals surface area contributed by atoms with Gasteiger partial charge in [-0.25, -0.2) is 9.97 Å². The average Bonchev–Trinajstić information content (AvgIpc) is 2.82. The van der Waals surface area contributed by atoms with Gasteiger partial charge in [-0.3, -0.25) is 4.79 Å². The predicted molar refractivity (Wildman–Crippen MR) is 77.3 cm³/mol. The van der Waals surface area contributed by atoms with Crippen LogP contribution in [0.1, 0.15) is 33.4 Å². The lowest BCUT2D eigenvalue weighted by molar-refractivity contribution is 0.0942. The summed E-state index contributed by atoms with van der Waals surface area (Å²) in [4.78, 5) is 20.2. The van der Waals surface area contributed by atoms with Gasteiger partial charge in [0.15, 0.2) is 0 Å². The second kappa shape index (κ2) is 6.68. The van der Waals surface area contributed by atoms with Crippen molar-refractivity contribution < 1.29 is 9.21 Å². The van der Waals surface area contributed by atoms with E-state index < -0.39 is 0 Å². The van der Waals surface area contributed by atoms with Crippen LogP contribution in [0.25, 0.3) is 0 Å². The largest absolute Gasteiger partial charge is 0.444 e. The third-order valence-corrected chi connectivity index (χ3v) is 2.80. The maximum Gasteiger partial charge on any atom is 0.270 e. The minimum atomic E-state index is -0.290. The van der Waals surface area contributed by atoms with Crippen LogP contribution in [-0.4, -0.2) is 22.4 Å². The molecule has 0 saturated carbocycles. The van der Waals surface area contributed by atoms with Gasteiger partial charge in [-0.05, 0) is 26.0 Å². The predicted octanol–water partition coefficient (Wildman–Crippen LogP) is 0.927. The van der Waals surface area contributed by atoms with Crippen molar-refractivity contribution in [2.24, 2.45) is 5.73 Å². The minimum Gasteiger partial charge on any atom is -0.444 e. The highest BCUT2D eigenvalue weighted by Gasteiger charge is 2.10. The number of hydrogen-bond acceptors (Lipinski definition) is 5. The molecule has 21 heavy (non-hydrogen) atoms. The molecule has 0 radical (unpaired) electrons. The van der Waals surface area contributed by atoms with Crippen molar-refractivity contribution in [2.75, 3.05) is 6.54 Å². The van der Waals surface area contributed by atoms with Crippen molar-refractivity contribution in [2.45, 2.75) is 20.4 Å². The quantitative estimate of drug-likeness (QED) is 0.818. The molecule has 0 aliphatic rings. The topological polar surface area (TPSA) is 94.0 Å². The molecular formula is C15H16N4O2. The SMILES string of the molecule is Cc1nc(CNC(=O)c2ccc(C#CCN)cn2)oc1C. The Hall–Kier alpha value is -2.65. The van der Waals surface area contributed by atoms with E-state index in [-0.39, 0.29) is 19.0 Å². The van der Waals surface area contributed by atoms with Crippen LogP contribution in [-0.2, 0) is 6.54 Å². The normalized spacial score (nSPS) is 9.86. The number of aromatic nitrogens is 2. The lowest BCUT2D eigenvalue weighted by atomic mass is 10.2. The molecule has 0 aliphatic heterocycles. The molecule has 0 saturated heterocycles. The molecule has 0 bridgehead atoms. The number of carbonyl (C=O) groups excluding carboxylic acids is 1. The second-order valence-corrected chi connectivity index (χ2v) is 4.37. The summed E-state index contributed by atoms with van der Waals surface area (Å²) in [6.45, 7) is 4.20. The van der Waals surface area contributed by atoms with Crippen LogP contribution in [0.2, 0.25) is 0 Å². The van der Waals surface area contributed by atoms with Gasteiger partial charge >= 0.3 is 0 Å². The first kappa shape index (κ1) is 14.8. The highest BCUT2D eigenvalue weighted by Crippen LogP contribution is 2.08. The maximum atomic E-state index is 11.9. The molecule has 0 aromatic carbocycles. The first-order chi connectivity index (χ1) is 10.1. The van der Waals surface area contributed by atoms with Gasteiger partial charge in [0.05, 0.1) is 18.8 Å².